The average molecular weight is 451 g/mol. The Labute approximate surface area is 188 Å². The lowest BCUT2D eigenvalue weighted by atomic mass is 10.1. The maximum atomic E-state index is 13.1. The molecule has 0 saturated carbocycles. The van der Waals surface area contributed by atoms with Crippen LogP contribution in [0, 0.1) is 6.92 Å². The van der Waals surface area contributed by atoms with Gasteiger partial charge in [0.05, 0.1) is 10.6 Å². The highest BCUT2D eigenvalue weighted by molar-refractivity contribution is 7.89. The summed E-state index contributed by atoms with van der Waals surface area (Å²) in [6.45, 7) is 3.17. The number of piperazine rings is 1. The smallest absolute Gasteiger partial charge is 0.274 e. The Hall–Kier alpha value is -2.97. The Morgan fingerprint density at radius 2 is 1.62 bits per heavy atom. The van der Waals surface area contributed by atoms with Crippen molar-refractivity contribution in [2.24, 2.45) is 0 Å². The molecule has 1 amide bonds. The van der Waals surface area contributed by atoms with Crippen molar-refractivity contribution in [3.05, 3.63) is 77.1 Å². The molecule has 5 rings (SSSR count). The summed E-state index contributed by atoms with van der Waals surface area (Å²) in [4.78, 5) is 15.1. The van der Waals surface area contributed by atoms with Crippen LogP contribution in [0.25, 0.3) is 5.69 Å². The van der Waals surface area contributed by atoms with Crippen molar-refractivity contribution >= 4 is 15.9 Å². The summed E-state index contributed by atoms with van der Waals surface area (Å²) in [5.74, 6) is -0.169. The Balaban J connectivity index is 1.28. The van der Waals surface area contributed by atoms with E-state index < -0.39 is 10.0 Å². The number of hydrogen-bond acceptors (Lipinski definition) is 4. The minimum absolute atomic E-state index is 0.169. The van der Waals surface area contributed by atoms with Gasteiger partial charge in [0.15, 0.2) is 5.69 Å². The number of carbonyl (C=O) groups excluding carboxylic acids is 1. The van der Waals surface area contributed by atoms with Gasteiger partial charge in [-0.05, 0) is 67.6 Å². The van der Waals surface area contributed by atoms with E-state index in [0.29, 0.717) is 23.7 Å². The standard InChI is InChI=1S/C24H26N4O3S/c1-18-16-23(25-28(18)21-8-3-2-4-9-21)24(29)26-12-14-27(15-13-26)32(30,31)22-11-10-19-6-5-7-20(19)17-22/h2-4,8-11,16-17H,5-7,12-15H2,1H3. The van der Waals surface area contributed by atoms with Gasteiger partial charge >= 0.3 is 0 Å². The minimum atomic E-state index is -3.56. The molecule has 0 unspecified atom stereocenters. The number of para-hydroxylation sites is 1. The van der Waals surface area contributed by atoms with Crippen molar-refractivity contribution in [3.8, 4) is 5.69 Å². The fourth-order valence-corrected chi connectivity index (χ4v) is 6.03. The van der Waals surface area contributed by atoms with E-state index in [-0.39, 0.29) is 19.0 Å². The lowest BCUT2D eigenvalue weighted by Crippen LogP contribution is -2.50. The van der Waals surface area contributed by atoms with Crippen molar-refractivity contribution in [1.29, 1.82) is 0 Å². The molecule has 0 atom stereocenters. The molecule has 8 heteroatoms. The third kappa shape index (κ3) is 3.73. The monoisotopic (exact) mass is 450 g/mol. The second-order valence-electron chi connectivity index (χ2n) is 8.40. The van der Waals surface area contributed by atoms with Gasteiger partial charge in [-0.15, -0.1) is 0 Å². The molecule has 1 saturated heterocycles. The lowest BCUT2D eigenvalue weighted by molar-refractivity contribution is 0.0691. The molecule has 2 aromatic carbocycles. The Bertz CT molecular complexity index is 1260. The van der Waals surface area contributed by atoms with Crippen LogP contribution >= 0.6 is 0 Å². The van der Waals surface area contributed by atoms with Gasteiger partial charge in [-0.3, -0.25) is 4.79 Å². The molecule has 1 aliphatic carbocycles. The quantitative estimate of drug-likeness (QED) is 0.613. The summed E-state index contributed by atoms with van der Waals surface area (Å²) in [5.41, 5.74) is 4.54. The van der Waals surface area contributed by atoms with Crippen LogP contribution in [0.15, 0.2) is 59.5 Å². The predicted molar refractivity (Wildman–Crippen MR) is 121 cm³/mol. The van der Waals surface area contributed by atoms with E-state index in [4.69, 9.17) is 0 Å². The van der Waals surface area contributed by atoms with Crippen LogP contribution in [0.3, 0.4) is 0 Å². The lowest BCUT2D eigenvalue weighted by Gasteiger charge is -2.33. The number of rotatable bonds is 4. The molecule has 1 aliphatic heterocycles. The number of carbonyl (C=O) groups is 1. The van der Waals surface area contributed by atoms with Crippen molar-refractivity contribution in [2.75, 3.05) is 26.2 Å². The number of sulfonamides is 1. The molecule has 32 heavy (non-hydrogen) atoms. The zero-order valence-electron chi connectivity index (χ0n) is 18.1. The van der Waals surface area contributed by atoms with Gasteiger partial charge in [0.1, 0.15) is 0 Å². The minimum Gasteiger partial charge on any atom is -0.335 e. The number of nitrogens with zero attached hydrogens (tertiary/aromatic N) is 4. The van der Waals surface area contributed by atoms with Gasteiger partial charge < -0.3 is 4.90 Å². The van der Waals surface area contributed by atoms with Crippen LogP contribution in [0.2, 0.25) is 0 Å². The van der Waals surface area contributed by atoms with Crippen LogP contribution < -0.4 is 0 Å². The SMILES string of the molecule is Cc1cc(C(=O)N2CCN(S(=O)(=O)c3ccc4c(c3)CCC4)CC2)nn1-c1ccccc1. The zero-order valence-corrected chi connectivity index (χ0v) is 18.9. The topological polar surface area (TPSA) is 75.5 Å². The van der Waals surface area contributed by atoms with Crippen LogP contribution in [0.1, 0.15) is 33.7 Å². The highest BCUT2D eigenvalue weighted by atomic mass is 32.2. The molecule has 166 valence electrons. The molecule has 0 bridgehead atoms. The molecule has 0 N–H and O–H groups in total. The molecule has 2 aliphatic rings. The molecule has 0 spiro atoms. The van der Waals surface area contributed by atoms with Crippen LogP contribution in [-0.2, 0) is 22.9 Å². The molecular weight excluding hydrogens is 424 g/mol. The van der Waals surface area contributed by atoms with Crippen LogP contribution in [-0.4, -0.2) is 59.5 Å². The molecule has 3 aromatic rings. The normalized spacial score (nSPS) is 16.8. The van der Waals surface area contributed by atoms with Gasteiger partial charge in [0.25, 0.3) is 5.91 Å². The number of fused-ring (bicyclic) bond motifs is 1. The van der Waals surface area contributed by atoms with Crippen LogP contribution in [0.4, 0.5) is 0 Å². The van der Waals surface area contributed by atoms with E-state index in [9.17, 15) is 13.2 Å². The summed E-state index contributed by atoms with van der Waals surface area (Å²) in [5, 5.41) is 4.50. The van der Waals surface area contributed by atoms with E-state index in [0.717, 1.165) is 36.2 Å². The first-order valence-corrected chi connectivity index (χ1v) is 12.4. The maximum Gasteiger partial charge on any atom is 0.274 e. The molecule has 1 aromatic heterocycles. The van der Waals surface area contributed by atoms with Gasteiger partial charge in [-0.25, -0.2) is 13.1 Å². The fourth-order valence-electron chi connectivity index (χ4n) is 4.56. The van der Waals surface area contributed by atoms with E-state index >= 15 is 0 Å². The van der Waals surface area contributed by atoms with Gasteiger partial charge in [0, 0.05) is 31.9 Å². The maximum absolute atomic E-state index is 13.1. The summed E-state index contributed by atoms with van der Waals surface area (Å²) in [6, 6.07) is 16.9. The number of aromatic nitrogens is 2. The first-order chi connectivity index (χ1) is 15.4. The largest absolute Gasteiger partial charge is 0.335 e. The molecule has 2 heterocycles. The summed E-state index contributed by atoms with van der Waals surface area (Å²) in [6.07, 6.45) is 3.05. The highest BCUT2D eigenvalue weighted by Crippen LogP contribution is 2.27. The van der Waals surface area contributed by atoms with Gasteiger partial charge in [0.2, 0.25) is 10.0 Å². The van der Waals surface area contributed by atoms with Crippen molar-refractivity contribution in [2.45, 2.75) is 31.1 Å². The number of aryl methyl sites for hydroxylation is 3. The van der Waals surface area contributed by atoms with E-state index in [1.807, 2.05) is 49.4 Å². The van der Waals surface area contributed by atoms with Crippen molar-refractivity contribution in [3.63, 3.8) is 0 Å². The second kappa shape index (κ2) is 8.18. The third-order valence-electron chi connectivity index (χ3n) is 6.34. The second-order valence-corrected chi connectivity index (χ2v) is 10.3. The number of hydrogen-bond donors (Lipinski definition) is 0. The number of amides is 1. The molecule has 1 fully saturated rings. The fraction of sp³-hybridized carbons (Fsp3) is 0.333. The van der Waals surface area contributed by atoms with Gasteiger partial charge in [-0.1, -0.05) is 24.3 Å². The highest BCUT2D eigenvalue weighted by Gasteiger charge is 2.32. The van der Waals surface area contributed by atoms with E-state index in [2.05, 4.69) is 5.10 Å². The molecule has 0 radical (unpaired) electrons. The predicted octanol–water partition coefficient (Wildman–Crippen LogP) is 2.82. The third-order valence-corrected chi connectivity index (χ3v) is 8.24. The summed E-state index contributed by atoms with van der Waals surface area (Å²) in [7, 11) is -3.56. The first-order valence-electron chi connectivity index (χ1n) is 11.0. The van der Waals surface area contributed by atoms with Gasteiger partial charge in [-0.2, -0.15) is 9.40 Å². The van der Waals surface area contributed by atoms with E-state index in [1.54, 1.807) is 21.7 Å². The van der Waals surface area contributed by atoms with Crippen molar-refractivity contribution < 1.29 is 13.2 Å². The number of benzene rings is 2. The molecular formula is C24H26N4O3S. The average Bonchev–Trinajstić information content (AvgIpc) is 3.45. The zero-order chi connectivity index (χ0) is 22.3. The summed E-state index contributed by atoms with van der Waals surface area (Å²) < 4.78 is 29.5. The Morgan fingerprint density at radius 3 is 2.38 bits per heavy atom. The Morgan fingerprint density at radius 1 is 0.906 bits per heavy atom. The van der Waals surface area contributed by atoms with E-state index in [1.165, 1.54) is 9.87 Å². The molecule has 7 nitrogen and oxygen atoms in total. The van der Waals surface area contributed by atoms with Crippen molar-refractivity contribution in [1.82, 2.24) is 19.0 Å². The summed E-state index contributed by atoms with van der Waals surface area (Å²) >= 11 is 0. The Kier molecular flexibility index (Phi) is 5.35. The van der Waals surface area contributed by atoms with Crippen LogP contribution in [0.5, 0.6) is 0 Å². The first kappa shape index (κ1) is 20.9.